The smallest absolute Gasteiger partial charge is 0.159 e. The van der Waals surface area contributed by atoms with Crippen LogP contribution in [-0.4, -0.2) is 0 Å². The van der Waals surface area contributed by atoms with Crippen LogP contribution >= 0.6 is 0 Å². The summed E-state index contributed by atoms with van der Waals surface area (Å²) in [7, 11) is 0. The van der Waals surface area contributed by atoms with Crippen LogP contribution in [0.25, 0.3) is 0 Å². The van der Waals surface area contributed by atoms with E-state index in [0.717, 1.165) is 12.1 Å². The van der Waals surface area contributed by atoms with E-state index in [0.29, 0.717) is 5.56 Å². The Morgan fingerprint density at radius 1 is 0.762 bits per heavy atom. The molecule has 0 aliphatic carbocycles. The van der Waals surface area contributed by atoms with Crippen LogP contribution in [0, 0.1) is 23.3 Å². The number of halogens is 4. The topological polar surface area (TPSA) is 12.0 Å². The van der Waals surface area contributed by atoms with E-state index in [4.69, 9.17) is 0 Å². The lowest BCUT2D eigenvalue weighted by molar-refractivity contribution is 0.446. The molecule has 2 rings (SSSR count). The van der Waals surface area contributed by atoms with E-state index in [1.807, 2.05) is 0 Å². The number of hydrogen-bond donors (Lipinski definition) is 1. The van der Waals surface area contributed by atoms with Crippen molar-refractivity contribution in [3.63, 3.8) is 0 Å². The average molecular weight is 297 g/mol. The van der Waals surface area contributed by atoms with E-state index in [1.165, 1.54) is 24.3 Å². The van der Waals surface area contributed by atoms with Gasteiger partial charge in [-0.1, -0.05) is 12.1 Å². The predicted octanol–water partition coefficient (Wildman–Crippen LogP) is 4.65. The Morgan fingerprint density at radius 2 is 1.38 bits per heavy atom. The lowest BCUT2D eigenvalue weighted by atomic mass is 10.0. The largest absolute Gasteiger partial charge is 0.303 e. The van der Waals surface area contributed by atoms with Gasteiger partial charge in [-0.25, -0.2) is 17.6 Å². The highest BCUT2D eigenvalue weighted by atomic mass is 19.2. The molecule has 2 aromatic rings. The first-order chi connectivity index (χ1) is 9.90. The standard InChI is InChI=1S/C16H15F4N/c1-9(11-6-7-12(17)15(20)8-11)21-10(2)16-13(18)4-3-5-14(16)19/h3-10,21H,1-2H3. The molecule has 1 nitrogen and oxygen atoms in total. The van der Waals surface area contributed by atoms with Crippen LogP contribution in [0.5, 0.6) is 0 Å². The van der Waals surface area contributed by atoms with Crippen molar-refractivity contribution in [2.45, 2.75) is 25.9 Å². The molecule has 1 N–H and O–H groups in total. The molecule has 5 heteroatoms. The highest BCUT2D eigenvalue weighted by Gasteiger charge is 2.18. The molecule has 0 amide bonds. The number of benzene rings is 2. The molecule has 0 bridgehead atoms. The van der Waals surface area contributed by atoms with Crippen molar-refractivity contribution in [3.8, 4) is 0 Å². The summed E-state index contributed by atoms with van der Waals surface area (Å²) < 4.78 is 53.5. The minimum atomic E-state index is -0.953. The van der Waals surface area contributed by atoms with Crippen molar-refractivity contribution in [3.05, 3.63) is 70.8 Å². The molecule has 112 valence electrons. The van der Waals surface area contributed by atoms with E-state index in [-0.39, 0.29) is 5.56 Å². The van der Waals surface area contributed by atoms with Crippen molar-refractivity contribution in [1.82, 2.24) is 5.32 Å². The maximum absolute atomic E-state index is 13.7. The van der Waals surface area contributed by atoms with Gasteiger partial charge in [-0.15, -0.1) is 0 Å². The van der Waals surface area contributed by atoms with Gasteiger partial charge in [0.25, 0.3) is 0 Å². The van der Waals surface area contributed by atoms with Gasteiger partial charge in [0.1, 0.15) is 11.6 Å². The Bertz CT molecular complexity index is 622. The Hall–Kier alpha value is -1.88. The van der Waals surface area contributed by atoms with Gasteiger partial charge in [0.15, 0.2) is 11.6 Å². The molecule has 0 heterocycles. The second-order valence-corrected chi connectivity index (χ2v) is 4.92. The predicted molar refractivity (Wildman–Crippen MR) is 72.7 cm³/mol. The minimum absolute atomic E-state index is 0.0769. The highest BCUT2D eigenvalue weighted by Crippen LogP contribution is 2.24. The molecule has 0 aliphatic heterocycles. The zero-order chi connectivity index (χ0) is 15.6. The number of nitrogens with one attached hydrogen (secondary N) is 1. The summed E-state index contributed by atoms with van der Waals surface area (Å²) in [5.41, 5.74) is 0.421. The van der Waals surface area contributed by atoms with Gasteiger partial charge < -0.3 is 5.32 Å². The van der Waals surface area contributed by atoms with Crippen LogP contribution in [0.1, 0.15) is 37.1 Å². The first kappa shape index (κ1) is 15.5. The summed E-state index contributed by atoms with van der Waals surface area (Å²) in [4.78, 5) is 0. The third-order valence-corrected chi connectivity index (χ3v) is 3.38. The zero-order valence-electron chi connectivity index (χ0n) is 11.6. The summed E-state index contributed by atoms with van der Waals surface area (Å²) in [5, 5.41) is 2.97. The molecule has 0 aromatic heterocycles. The molecule has 0 saturated heterocycles. The summed E-state index contributed by atoms with van der Waals surface area (Å²) >= 11 is 0. The first-order valence-corrected chi connectivity index (χ1v) is 6.55. The summed E-state index contributed by atoms with van der Waals surface area (Å²) in [5.74, 6) is -3.18. The highest BCUT2D eigenvalue weighted by molar-refractivity contribution is 5.25. The summed E-state index contributed by atoms with van der Waals surface area (Å²) in [6, 6.07) is 6.16. The molecule has 2 atom stereocenters. The van der Waals surface area contributed by atoms with Crippen LogP contribution in [0.3, 0.4) is 0 Å². The normalized spacial score (nSPS) is 14.0. The van der Waals surface area contributed by atoms with Gasteiger partial charge in [-0.05, 0) is 43.7 Å². The molecule has 2 unspecified atom stereocenters. The molecule has 2 aromatic carbocycles. The lowest BCUT2D eigenvalue weighted by Crippen LogP contribution is -2.24. The van der Waals surface area contributed by atoms with Crippen LogP contribution in [-0.2, 0) is 0 Å². The zero-order valence-corrected chi connectivity index (χ0v) is 11.6. The van der Waals surface area contributed by atoms with E-state index >= 15 is 0 Å². The summed E-state index contributed by atoms with van der Waals surface area (Å²) in [6.07, 6.45) is 0. The van der Waals surface area contributed by atoms with Gasteiger partial charge in [0.05, 0.1) is 0 Å². The minimum Gasteiger partial charge on any atom is -0.303 e. The molecular formula is C16H15F4N. The quantitative estimate of drug-likeness (QED) is 0.810. The average Bonchev–Trinajstić information content (AvgIpc) is 2.41. The molecule has 0 fully saturated rings. The van der Waals surface area contributed by atoms with Crippen molar-refractivity contribution >= 4 is 0 Å². The molecule has 0 spiro atoms. The molecule has 21 heavy (non-hydrogen) atoms. The molecular weight excluding hydrogens is 282 g/mol. The Balaban J connectivity index is 2.18. The third kappa shape index (κ3) is 3.42. The van der Waals surface area contributed by atoms with Crippen molar-refractivity contribution in [2.24, 2.45) is 0 Å². The van der Waals surface area contributed by atoms with E-state index in [9.17, 15) is 17.6 Å². The molecule has 0 saturated carbocycles. The van der Waals surface area contributed by atoms with Crippen LogP contribution in [0.15, 0.2) is 36.4 Å². The SMILES string of the molecule is CC(NC(C)c1c(F)cccc1F)c1ccc(F)c(F)c1. The molecule has 0 radical (unpaired) electrons. The van der Waals surface area contributed by atoms with Crippen LogP contribution in [0.4, 0.5) is 17.6 Å². The van der Waals surface area contributed by atoms with Crippen molar-refractivity contribution in [2.75, 3.05) is 0 Å². The van der Waals surface area contributed by atoms with Gasteiger partial charge in [0.2, 0.25) is 0 Å². The number of hydrogen-bond acceptors (Lipinski definition) is 1. The van der Waals surface area contributed by atoms with Crippen LogP contribution < -0.4 is 5.32 Å². The second kappa shape index (κ2) is 6.26. The molecule has 0 aliphatic rings. The monoisotopic (exact) mass is 297 g/mol. The van der Waals surface area contributed by atoms with E-state index in [1.54, 1.807) is 13.8 Å². The first-order valence-electron chi connectivity index (χ1n) is 6.55. The maximum Gasteiger partial charge on any atom is 0.159 e. The van der Waals surface area contributed by atoms with Crippen molar-refractivity contribution in [1.29, 1.82) is 0 Å². The Labute approximate surface area is 120 Å². The van der Waals surface area contributed by atoms with Gasteiger partial charge >= 0.3 is 0 Å². The van der Waals surface area contributed by atoms with Gasteiger partial charge in [0, 0.05) is 17.6 Å². The second-order valence-electron chi connectivity index (χ2n) is 4.92. The third-order valence-electron chi connectivity index (χ3n) is 3.38. The van der Waals surface area contributed by atoms with Crippen LogP contribution in [0.2, 0.25) is 0 Å². The Kier molecular flexibility index (Phi) is 4.63. The maximum atomic E-state index is 13.7. The number of rotatable bonds is 4. The van der Waals surface area contributed by atoms with Gasteiger partial charge in [-0.3, -0.25) is 0 Å². The van der Waals surface area contributed by atoms with Crippen molar-refractivity contribution < 1.29 is 17.6 Å². The fourth-order valence-electron chi connectivity index (χ4n) is 2.26. The van der Waals surface area contributed by atoms with E-state index < -0.39 is 35.4 Å². The fourth-order valence-corrected chi connectivity index (χ4v) is 2.26. The van der Waals surface area contributed by atoms with E-state index in [2.05, 4.69) is 5.32 Å². The summed E-state index contributed by atoms with van der Waals surface area (Å²) in [6.45, 7) is 3.32. The lowest BCUT2D eigenvalue weighted by Gasteiger charge is -2.21. The fraction of sp³-hybridized carbons (Fsp3) is 0.250. The van der Waals surface area contributed by atoms with Gasteiger partial charge in [-0.2, -0.15) is 0 Å². The Morgan fingerprint density at radius 3 is 1.95 bits per heavy atom.